The minimum absolute atomic E-state index is 0.124. The first kappa shape index (κ1) is 18.6. The van der Waals surface area contributed by atoms with Gasteiger partial charge in [0.2, 0.25) is 5.91 Å². The second kappa shape index (κ2) is 8.98. The minimum Gasteiger partial charge on any atom is -0.497 e. The summed E-state index contributed by atoms with van der Waals surface area (Å²) < 4.78 is 16.2. The Morgan fingerprint density at radius 3 is 3.00 bits per heavy atom. The molecule has 26 heavy (non-hydrogen) atoms. The highest BCUT2D eigenvalue weighted by Crippen LogP contribution is 2.34. The van der Waals surface area contributed by atoms with Crippen molar-refractivity contribution in [3.05, 3.63) is 23.6 Å². The van der Waals surface area contributed by atoms with E-state index in [9.17, 15) is 4.79 Å². The number of anilines is 1. The largest absolute Gasteiger partial charge is 0.497 e. The first-order valence-corrected chi connectivity index (χ1v) is 9.37. The fraction of sp³-hybridized carbons (Fsp3) is 0.444. The zero-order valence-electron chi connectivity index (χ0n) is 14.9. The predicted octanol–water partition coefficient (Wildman–Crippen LogP) is 2.53. The van der Waals surface area contributed by atoms with Gasteiger partial charge in [-0.05, 0) is 31.0 Å². The van der Waals surface area contributed by atoms with Gasteiger partial charge in [0.25, 0.3) is 0 Å². The van der Waals surface area contributed by atoms with Crippen molar-refractivity contribution in [3.8, 4) is 22.8 Å². The Morgan fingerprint density at radius 2 is 2.27 bits per heavy atom. The highest BCUT2D eigenvalue weighted by atomic mass is 32.1. The molecule has 2 aromatic rings. The van der Waals surface area contributed by atoms with Crippen molar-refractivity contribution in [1.82, 2.24) is 10.3 Å². The van der Waals surface area contributed by atoms with Gasteiger partial charge in [0.15, 0.2) is 5.13 Å². The lowest BCUT2D eigenvalue weighted by molar-refractivity contribution is -0.115. The van der Waals surface area contributed by atoms with E-state index in [1.54, 1.807) is 14.2 Å². The second-order valence-corrected chi connectivity index (χ2v) is 6.78. The van der Waals surface area contributed by atoms with E-state index in [2.05, 4.69) is 15.6 Å². The Labute approximate surface area is 156 Å². The van der Waals surface area contributed by atoms with E-state index in [1.165, 1.54) is 11.3 Å². The Balaban J connectivity index is 1.58. The molecule has 1 fully saturated rings. The van der Waals surface area contributed by atoms with Gasteiger partial charge in [0.05, 0.1) is 32.6 Å². The summed E-state index contributed by atoms with van der Waals surface area (Å²) in [6, 6.07) is 5.53. The minimum atomic E-state index is -0.124. The molecule has 2 N–H and O–H groups in total. The fourth-order valence-electron chi connectivity index (χ4n) is 2.78. The number of methoxy groups -OCH3 is 2. The van der Waals surface area contributed by atoms with Crippen LogP contribution in [0.2, 0.25) is 0 Å². The van der Waals surface area contributed by atoms with E-state index >= 15 is 0 Å². The molecule has 1 aromatic carbocycles. The number of carbonyl (C=O) groups excluding carboxylic acids is 1. The number of amides is 1. The molecule has 3 rings (SSSR count). The van der Waals surface area contributed by atoms with Crippen LogP contribution in [0.25, 0.3) is 11.3 Å². The summed E-state index contributed by atoms with van der Waals surface area (Å²) in [6.07, 6.45) is 2.36. The van der Waals surface area contributed by atoms with Crippen LogP contribution in [0.5, 0.6) is 11.5 Å². The molecular weight excluding hydrogens is 354 g/mol. The van der Waals surface area contributed by atoms with Crippen LogP contribution in [0.1, 0.15) is 12.8 Å². The first-order chi connectivity index (χ1) is 12.7. The van der Waals surface area contributed by atoms with Crippen molar-refractivity contribution in [3.63, 3.8) is 0 Å². The molecule has 1 unspecified atom stereocenters. The Hall–Kier alpha value is -2.16. The predicted molar refractivity (Wildman–Crippen MR) is 101 cm³/mol. The van der Waals surface area contributed by atoms with Crippen molar-refractivity contribution in [2.45, 2.75) is 18.9 Å². The zero-order valence-corrected chi connectivity index (χ0v) is 15.7. The molecule has 0 saturated carbocycles. The second-order valence-electron chi connectivity index (χ2n) is 5.92. The molecule has 8 heteroatoms. The average Bonchev–Trinajstić information content (AvgIpc) is 3.33. The number of ether oxygens (including phenoxy) is 3. The number of carbonyl (C=O) groups is 1. The summed E-state index contributed by atoms with van der Waals surface area (Å²) in [5, 5.41) is 8.37. The van der Waals surface area contributed by atoms with Crippen molar-refractivity contribution < 1.29 is 19.0 Å². The lowest BCUT2D eigenvalue weighted by atomic mass is 10.1. The van der Waals surface area contributed by atoms with Crippen LogP contribution in [-0.4, -0.2) is 50.9 Å². The third-order valence-electron chi connectivity index (χ3n) is 4.11. The Kier molecular flexibility index (Phi) is 6.43. The molecule has 2 heterocycles. The van der Waals surface area contributed by atoms with Crippen LogP contribution >= 0.6 is 11.3 Å². The smallest absolute Gasteiger partial charge is 0.240 e. The van der Waals surface area contributed by atoms with Gasteiger partial charge >= 0.3 is 0 Å². The van der Waals surface area contributed by atoms with Gasteiger partial charge in [-0.1, -0.05) is 0 Å². The zero-order chi connectivity index (χ0) is 18.4. The van der Waals surface area contributed by atoms with Gasteiger partial charge in [-0.2, -0.15) is 0 Å². The molecular formula is C18H23N3O4S. The fourth-order valence-corrected chi connectivity index (χ4v) is 3.51. The molecule has 0 aliphatic carbocycles. The standard InChI is InChI=1S/C18H23N3O4S/c1-23-12-5-6-16(24-2)14(8-12)15-11-26-18(20-15)21-17(22)10-19-9-13-4-3-7-25-13/h5-6,8,11,13,19H,3-4,7,9-10H2,1-2H3,(H,20,21,22). The monoisotopic (exact) mass is 377 g/mol. The van der Waals surface area contributed by atoms with Crippen LogP contribution in [0.3, 0.4) is 0 Å². The maximum absolute atomic E-state index is 12.1. The quantitative estimate of drug-likeness (QED) is 0.736. The van der Waals surface area contributed by atoms with Crippen LogP contribution in [0.15, 0.2) is 23.6 Å². The lowest BCUT2D eigenvalue weighted by Gasteiger charge is -2.10. The summed E-state index contributed by atoms with van der Waals surface area (Å²) in [5.74, 6) is 1.30. The number of aromatic nitrogens is 1. The normalized spacial score (nSPS) is 16.5. The number of nitrogens with one attached hydrogen (secondary N) is 2. The number of rotatable bonds is 8. The number of hydrogen-bond donors (Lipinski definition) is 2. The van der Waals surface area contributed by atoms with Crippen molar-refractivity contribution in [1.29, 1.82) is 0 Å². The number of benzene rings is 1. The summed E-state index contributed by atoms with van der Waals surface area (Å²) in [4.78, 5) is 16.6. The van der Waals surface area contributed by atoms with Crippen molar-refractivity contribution in [2.24, 2.45) is 0 Å². The van der Waals surface area contributed by atoms with E-state index in [1.807, 2.05) is 23.6 Å². The van der Waals surface area contributed by atoms with Crippen molar-refractivity contribution in [2.75, 3.05) is 39.2 Å². The van der Waals surface area contributed by atoms with E-state index in [-0.39, 0.29) is 18.6 Å². The van der Waals surface area contributed by atoms with Gasteiger partial charge in [0, 0.05) is 24.1 Å². The molecule has 1 amide bonds. The van der Waals surface area contributed by atoms with Crippen LogP contribution in [0.4, 0.5) is 5.13 Å². The maximum Gasteiger partial charge on any atom is 0.240 e. The third-order valence-corrected chi connectivity index (χ3v) is 4.87. The molecule has 1 aliphatic heterocycles. The van der Waals surface area contributed by atoms with Crippen molar-refractivity contribution >= 4 is 22.4 Å². The van der Waals surface area contributed by atoms with Crippen LogP contribution in [0, 0.1) is 0 Å². The van der Waals surface area contributed by atoms with Gasteiger partial charge in [-0.25, -0.2) is 4.98 Å². The lowest BCUT2D eigenvalue weighted by Crippen LogP contribution is -2.33. The van der Waals surface area contributed by atoms with E-state index in [0.717, 1.165) is 36.5 Å². The number of thiazole rings is 1. The summed E-state index contributed by atoms with van der Waals surface area (Å²) in [6.45, 7) is 1.74. The number of hydrogen-bond acceptors (Lipinski definition) is 7. The first-order valence-electron chi connectivity index (χ1n) is 8.49. The highest BCUT2D eigenvalue weighted by Gasteiger charge is 2.16. The van der Waals surface area contributed by atoms with Crippen LogP contribution < -0.4 is 20.1 Å². The molecule has 7 nitrogen and oxygen atoms in total. The van der Waals surface area contributed by atoms with Gasteiger partial charge in [0.1, 0.15) is 11.5 Å². The highest BCUT2D eigenvalue weighted by molar-refractivity contribution is 7.14. The third kappa shape index (κ3) is 4.72. The summed E-state index contributed by atoms with van der Waals surface area (Å²) in [5.41, 5.74) is 1.55. The molecule has 1 aromatic heterocycles. The average molecular weight is 377 g/mol. The maximum atomic E-state index is 12.1. The van der Waals surface area contributed by atoms with Gasteiger partial charge < -0.3 is 24.8 Å². The van der Waals surface area contributed by atoms with Crippen LogP contribution in [-0.2, 0) is 9.53 Å². The summed E-state index contributed by atoms with van der Waals surface area (Å²) >= 11 is 1.37. The molecule has 1 aliphatic rings. The SMILES string of the molecule is COc1ccc(OC)c(-c2csc(NC(=O)CNCC3CCCO3)n2)c1. The van der Waals surface area contributed by atoms with Gasteiger partial charge in [-0.3, -0.25) is 4.79 Å². The van der Waals surface area contributed by atoms with Gasteiger partial charge in [-0.15, -0.1) is 11.3 Å². The Morgan fingerprint density at radius 1 is 1.38 bits per heavy atom. The molecule has 140 valence electrons. The molecule has 1 saturated heterocycles. The number of nitrogens with zero attached hydrogens (tertiary/aromatic N) is 1. The van der Waals surface area contributed by atoms with E-state index in [0.29, 0.717) is 17.4 Å². The summed E-state index contributed by atoms with van der Waals surface area (Å²) in [7, 11) is 3.22. The van der Waals surface area contributed by atoms with E-state index in [4.69, 9.17) is 14.2 Å². The van der Waals surface area contributed by atoms with E-state index < -0.39 is 0 Å². The molecule has 0 spiro atoms. The Bertz CT molecular complexity index is 744. The topological polar surface area (TPSA) is 81.7 Å². The molecule has 0 radical (unpaired) electrons. The molecule has 1 atom stereocenters. The molecule has 0 bridgehead atoms.